The van der Waals surface area contributed by atoms with Crippen LogP contribution in [0.4, 0.5) is 8.78 Å². The number of aliphatic hydroxyl groups is 1. The molecule has 1 nitrogen and oxygen atoms in total. The fraction of sp³-hybridized carbons (Fsp3) is 0.467. The molecule has 0 radical (unpaired) electrons. The van der Waals surface area contributed by atoms with E-state index in [1.54, 1.807) is 6.92 Å². The molecule has 1 aromatic carbocycles. The van der Waals surface area contributed by atoms with Crippen molar-refractivity contribution in [3.8, 4) is 0 Å². The Balaban J connectivity index is 2.40. The zero-order valence-corrected chi connectivity index (χ0v) is 10.5. The molecule has 1 aliphatic rings. The number of hydrogen-bond acceptors (Lipinski definition) is 1. The number of benzene rings is 1. The van der Waals surface area contributed by atoms with Gasteiger partial charge >= 0.3 is 0 Å². The van der Waals surface area contributed by atoms with Crippen molar-refractivity contribution in [2.75, 3.05) is 0 Å². The van der Waals surface area contributed by atoms with Crippen molar-refractivity contribution in [2.24, 2.45) is 0 Å². The molecule has 0 aromatic heterocycles. The lowest BCUT2D eigenvalue weighted by Gasteiger charge is -2.27. The summed E-state index contributed by atoms with van der Waals surface area (Å²) in [5.41, 5.74) is -0.601. The Morgan fingerprint density at radius 2 is 1.94 bits per heavy atom. The van der Waals surface area contributed by atoms with Gasteiger partial charge < -0.3 is 5.11 Å². The van der Waals surface area contributed by atoms with Gasteiger partial charge in [-0.1, -0.05) is 24.6 Å². The van der Waals surface area contributed by atoms with Crippen molar-refractivity contribution in [1.29, 1.82) is 0 Å². The van der Waals surface area contributed by atoms with Crippen LogP contribution in [-0.2, 0) is 5.60 Å². The van der Waals surface area contributed by atoms with Gasteiger partial charge in [0.2, 0.25) is 0 Å². The highest BCUT2D eigenvalue weighted by molar-refractivity contribution is 5.33. The maximum Gasteiger partial charge on any atom is 0.165 e. The molecule has 0 amide bonds. The first kappa shape index (κ1) is 13.2. The zero-order valence-electron chi connectivity index (χ0n) is 10.5. The Morgan fingerprint density at radius 1 is 1.17 bits per heavy atom. The first-order valence-electron chi connectivity index (χ1n) is 6.40. The molecule has 3 heteroatoms. The molecule has 0 spiro atoms. The monoisotopic (exact) mass is 252 g/mol. The summed E-state index contributed by atoms with van der Waals surface area (Å²) in [6.45, 7) is 1.54. The molecule has 0 heterocycles. The molecule has 1 atom stereocenters. The van der Waals surface area contributed by atoms with Gasteiger partial charge in [-0.25, -0.2) is 8.78 Å². The van der Waals surface area contributed by atoms with Crippen LogP contribution in [0.5, 0.6) is 0 Å². The molecule has 1 aliphatic carbocycles. The van der Waals surface area contributed by atoms with E-state index in [0.717, 1.165) is 43.7 Å². The maximum absolute atomic E-state index is 13.8. The highest BCUT2D eigenvalue weighted by atomic mass is 19.2. The number of allylic oxidation sites excluding steroid dienone is 1. The Morgan fingerprint density at radius 3 is 2.72 bits per heavy atom. The van der Waals surface area contributed by atoms with Gasteiger partial charge in [0.15, 0.2) is 11.6 Å². The second kappa shape index (κ2) is 5.19. The van der Waals surface area contributed by atoms with E-state index in [1.807, 2.05) is 6.08 Å². The Bertz CT molecular complexity index is 464. The van der Waals surface area contributed by atoms with E-state index in [4.69, 9.17) is 0 Å². The molecule has 1 aromatic rings. The predicted molar refractivity (Wildman–Crippen MR) is 67.1 cm³/mol. The van der Waals surface area contributed by atoms with Crippen molar-refractivity contribution in [2.45, 2.75) is 44.6 Å². The number of halogens is 2. The Hall–Kier alpha value is -1.22. The van der Waals surface area contributed by atoms with Crippen LogP contribution in [0.3, 0.4) is 0 Å². The highest BCUT2D eigenvalue weighted by Crippen LogP contribution is 2.36. The molecular formula is C15H18F2O. The SMILES string of the molecule is CC(O)(C1=CCCCCC1)c1cccc(F)c1F. The minimum Gasteiger partial charge on any atom is -0.381 e. The van der Waals surface area contributed by atoms with E-state index < -0.39 is 17.2 Å². The van der Waals surface area contributed by atoms with E-state index in [1.165, 1.54) is 12.1 Å². The van der Waals surface area contributed by atoms with Gasteiger partial charge in [0.1, 0.15) is 5.60 Å². The van der Waals surface area contributed by atoms with Crippen LogP contribution < -0.4 is 0 Å². The fourth-order valence-electron chi connectivity index (χ4n) is 2.51. The van der Waals surface area contributed by atoms with Gasteiger partial charge in [-0.05, 0) is 44.2 Å². The lowest BCUT2D eigenvalue weighted by atomic mass is 9.85. The number of hydrogen-bond donors (Lipinski definition) is 1. The zero-order chi connectivity index (χ0) is 13.2. The summed E-state index contributed by atoms with van der Waals surface area (Å²) in [4.78, 5) is 0. The Labute approximate surface area is 106 Å². The molecule has 18 heavy (non-hydrogen) atoms. The van der Waals surface area contributed by atoms with Crippen LogP contribution in [0.25, 0.3) is 0 Å². The minimum atomic E-state index is -1.42. The average Bonchev–Trinajstić information content (AvgIpc) is 2.61. The smallest absolute Gasteiger partial charge is 0.165 e. The van der Waals surface area contributed by atoms with Crippen LogP contribution in [0.1, 0.15) is 44.6 Å². The normalized spacial score (nSPS) is 19.9. The van der Waals surface area contributed by atoms with E-state index in [9.17, 15) is 13.9 Å². The predicted octanol–water partition coefficient (Wildman–Crippen LogP) is 4.06. The molecular weight excluding hydrogens is 234 g/mol. The van der Waals surface area contributed by atoms with Gasteiger partial charge in [0.05, 0.1) is 0 Å². The summed E-state index contributed by atoms with van der Waals surface area (Å²) in [5, 5.41) is 10.6. The summed E-state index contributed by atoms with van der Waals surface area (Å²) in [5.74, 6) is -1.87. The first-order chi connectivity index (χ1) is 8.53. The topological polar surface area (TPSA) is 20.2 Å². The van der Waals surface area contributed by atoms with Crippen molar-refractivity contribution in [3.63, 3.8) is 0 Å². The quantitative estimate of drug-likeness (QED) is 0.787. The average molecular weight is 252 g/mol. The van der Waals surface area contributed by atoms with Crippen molar-refractivity contribution in [1.82, 2.24) is 0 Å². The molecule has 0 saturated heterocycles. The summed E-state index contributed by atoms with van der Waals surface area (Å²) >= 11 is 0. The lowest BCUT2D eigenvalue weighted by molar-refractivity contribution is 0.0881. The third-order valence-electron chi connectivity index (χ3n) is 3.64. The van der Waals surface area contributed by atoms with Crippen molar-refractivity contribution < 1.29 is 13.9 Å². The molecule has 0 bridgehead atoms. The molecule has 2 rings (SSSR count). The minimum absolute atomic E-state index is 0.0238. The molecule has 0 saturated carbocycles. The third kappa shape index (κ3) is 2.46. The standard InChI is InChI=1S/C15H18F2O/c1-15(18,11-7-4-2-3-5-8-11)12-9-6-10-13(16)14(12)17/h6-7,9-10,18H,2-5,8H2,1H3. The number of rotatable bonds is 2. The maximum atomic E-state index is 13.8. The van der Waals surface area contributed by atoms with Gasteiger partial charge in [-0.3, -0.25) is 0 Å². The largest absolute Gasteiger partial charge is 0.381 e. The van der Waals surface area contributed by atoms with E-state index in [2.05, 4.69) is 0 Å². The van der Waals surface area contributed by atoms with Crippen LogP contribution in [0, 0.1) is 11.6 Å². The molecule has 0 fully saturated rings. The summed E-state index contributed by atoms with van der Waals surface area (Å²) in [6, 6.07) is 3.94. The highest BCUT2D eigenvalue weighted by Gasteiger charge is 2.31. The van der Waals surface area contributed by atoms with Crippen LogP contribution >= 0.6 is 0 Å². The summed E-state index contributed by atoms with van der Waals surface area (Å²) in [7, 11) is 0. The second-order valence-electron chi connectivity index (χ2n) is 5.00. The third-order valence-corrected chi connectivity index (χ3v) is 3.64. The second-order valence-corrected chi connectivity index (χ2v) is 5.00. The molecule has 0 aliphatic heterocycles. The Kier molecular flexibility index (Phi) is 3.81. The fourth-order valence-corrected chi connectivity index (χ4v) is 2.51. The molecule has 98 valence electrons. The van der Waals surface area contributed by atoms with Gasteiger partial charge in [0.25, 0.3) is 0 Å². The van der Waals surface area contributed by atoms with Gasteiger partial charge in [-0.15, -0.1) is 0 Å². The van der Waals surface area contributed by atoms with E-state index >= 15 is 0 Å². The van der Waals surface area contributed by atoms with E-state index in [0.29, 0.717) is 0 Å². The molecule has 1 unspecified atom stereocenters. The van der Waals surface area contributed by atoms with Crippen LogP contribution in [-0.4, -0.2) is 5.11 Å². The van der Waals surface area contributed by atoms with Crippen LogP contribution in [0.2, 0.25) is 0 Å². The van der Waals surface area contributed by atoms with E-state index in [-0.39, 0.29) is 5.56 Å². The van der Waals surface area contributed by atoms with Crippen LogP contribution in [0.15, 0.2) is 29.8 Å². The van der Waals surface area contributed by atoms with Gasteiger partial charge in [-0.2, -0.15) is 0 Å². The van der Waals surface area contributed by atoms with Crippen molar-refractivity contribution >= 4 is 0 Å². The lowest BCUT2D eigenvalue weighted by Crippen LogP contribution is -2.26. The first-order valence-corrected chi connectivity index (χ1v) is 6.40. The van der Waals surface area contributed by atoms with Crippen molar-refractivity contribution in [3.05, 3.63) is 47.0 Å². The summed E-state index contributed by atoms with van der Waals surface area (Å²) in [6.07, 6.45) is 6.79. The van der Waals surface area contributed by atoms with Gasteiger partial charge in [0, 0.05) is 5.56 Å². The molecule has 1 N–H and O–H groups in total. The summed E-state index contributed by atoms with van der Waals surface area (Å²) < 4.78 is 27.0.